The fraction of sp³-hybridized carbons (Fsp3) is 0.652. The molecular weight excluding hydrogens is 434 g/mol. The number of aromatic nitrogens is 2. The summed E-state index contributed by atoms with van der Waals surface area (Å²) in [4.78, 5) is 36.2. The molecule has 1 aliphatic carbocycles. The molecule has 4 rings (SSSR count). The summed E-state index contributed by atoms with van der Waals surface area (Å²) >= 11 is 0. The van der Waals surface area contributed by atoms with E-state index in [0.29, 0.717) is 55.7 Å². The van der Waals surface area contributed by atoms with Gasteiger partial charge in [0, 0.05) is 36.6 Å². The Labute approximate surface area is 199 Å². The first kappa shape index (κ1) is 23.8. The van der Waals surface area contributed by atoms with Crippen molar-refractivity contribution >= 4 is 23.5 Å². The molecule has 0 spiro atoms. The van der Waals surface area contributed by atoms with Gasteiger partial charge in [-0.05, 0) is 43.4 Å². The van der Waals surface area contributed by atoms with Crippen molar-refractivity contribution in [1.29, 1.82) is 0 Å². The van der Waals surface area contributed by atoms with Crippen molar-refractivity contribution in [3.8, 4) is 0 Å². The third-order valence-corrected chi connectivity index (χ3v) is 6.60. The highest BCUT2D eigenvalue weighted by Crippen LogP contribution is 2.33. The number of carbonyl (C=O) groups excluding carboxylic acids is 2. The summed E-state index contributed by atoms with van der Waals surface area (Å²) in [5.74, 6) is 1.23. The normalized spacial score (nSPS) is 20.8. The Hall–Kier alpha value is -3.33. The number of nitrogens with two attached hydrogens (primary N) is 2. The summed E-state index contributed by atoms with van der Waals surface area (Å²) in [5, 5.41) is 10.3. The summed E-state index contributed by atoms with van der Waals surface area (Å²) in [7, 11) is 0. The molecule has 6 N–H and O–H groups in total. The van der Waals surface area contributed by atoms with Gasteiger partial charge in [-0.1, -0.05) is 25.6 Å². The number of fused-ring (bicyclic) bond motifs is 1. The van der Waals surface area contributed by atoms with Gasteiger partial charge in [0.05, 0.1) is 6.33 Å². The number of amidine groups is 1. The lowest BCUT2D eigenvalue weighted by molar-refractivity contribution is -0.141. The third-order valence-electron chi connectivity index (χ3n) is 6.60. The maximum atomic E-state index is 13.5. The van der Waals surface area contributed by atoms with E-state index in [-0.39, 0.29) is 17.2 Å². The van der Waals surface area contributed by atoms with Crippen LogP contribution in [0.25, 0.3) is 0 Å². The van der Waals surface area contributed by atoms with Crippen molar-refractivity contribution in [2.24, 2.45) is 27.9 Å². The van der Waals surface area contributed by atoms with Crippen LogP contribution in [0.2, 0.25) is 0 Å². The van der Waals surface area contributed by atoms with Crippen LogP contribution in [-0.4, -0.2) is 62.1 Å². The highest BCUT2D eigenvalue weighted by atomic mass is 16.2. The molecule has 184 valence electrons. The standard InChI is InChI=1S/C23H35N9O2/c1-23(2,3)18(27-12-15(24)14-7-8-14)22(34)32-11-4-6-16(32)21(33)26-9-5-10-31-13-28-17-19(25)29-30-20(17)31/h12-14,16,18H,4-11H2,1-3H3,(H5,24,25,26,27,29,30,33)/p+1. The minimum atomic E-state index is -0.458. The minimum Gasteiger partial charge on any atom is -0.401 e. The van der Waals surface area contributed by atoms with E-state index in [0.717, 1.165) is 25.0 Å². The van der Waals surface area contributed by atoms with Gasteiger partial charge in [-0.25, -0.2) is 4.98 Å². The number of imidazole rings is 1. The smallest absolute Gasteiger partial charge is 0.401 e. The monoisotopic (exact) mass is 470 g/mol. The Morgan fingerprint density at radius 3 is 2.79 bits per heavy atom. The summed E-state index contributed by atoms with van der Waals surface area (Å²) in [6.45, 7) is 7.76. The van der Waals surface area contributed by atoms with E-state index in [1.807, 2.05) is 25.3 Å². The maximum Gasteiger partial charge on any atom is 0.427 e. The van der Waals surface area contributed by atoms with Gasteiger partial charge < -0.3 is 25.8 Å². The fourth-order valence-electron chi connectivity index (χ4n) is 4.43. The van der Waals surface area contributed by atoms with Crippen molar-refractivity contribution in [1.82, 2.24) is 25.1 Å². The van der Waals surface area contributed by atoms with Crippen molar-refractivity contribution in [2.75, 3.05) is 13.1 Å². The second-order valence-electron chi connectivity index (χ2n) is 10.4. The average Bonchev–Trinajstić information content (AvgIpc) is 3.21. The highest BCUT2D eigenvalue weighted by Gasteiger charge is 2.41. The van der Waals surface area contributed by atoms with Crippen LogP contribution in [0.5, 0.6) is 0 Å². The molecule has 2 aliphatic heterocycles. The van der Waals surface area contributed by atoms with Gasteiger partial charge in [0.2, 0.25) is 23.3 Å². The Bertz CT molecular complexity index is 1040. The fourth-order valence-corrected chi connectivity index (χ4v) is 4.43. The van der Waals surface area contributed by atoms with Gasteiger partial charge in [0.15, 0.2) is 0 Å². The van der Waals surface area contributed by atoms with E-state index in [1.54, 1.807) is 17.4 Å². The highest BCUT2D eigenvalue weighted by molar-refractivity contribution is 5.96. The lowest BCUT2D eigenvalue weighted by Crippen LogP contribution is -2.55. The summed E-state index contributed by atoms with van der Waals surface area (Å²) in [6.07, 6.45) is 7.85. The van der Waals surface area contributed by atoms with E-state index >= 15 is 0 Å². The van der Waals surface area contributed by atoms with Crippen LogP contribution in [0.4, 0.5) is 5.82 Å². The molecule has 2 atom stereocenters. The van der Waals surface area contributed by atoms with E-state index in [9.17, 15) is 9.59 Å². The molecule has 3 aliphatic rings. The molecule has 2 amide bonds. The van der Waals surface area contributed by atoms with Crippen molar-refractivity contribution in [2.45, 2.75) is 71.5 Å². The Morgan fingerprint density at radius 1 is 1.32 bits per heavy atom. The van der Waals surface area contributed by atoms with E-state index in [2.05, 4.69) is 25.5 Å². The Morgan fingerprint density at radius 2 is 2.09 bits per heavy atom. The van der Waals surface area contributed by atoms with Crippen LogP contribution in [0, 0.1) is 11.3 Å². The zero-order chi connectivity index (χ0) is 24.5. The van der Waals surface area contributed by atoms with Crippen LogP contribution in [0.3, 0.4) is 0 Å². The number of aryl methyl sites for hydroxylation is 1. The maximum absolute atomic E-state index is 13.5. The van der Waals surface area contributed by atoms with E-state index in [1.165, 1.54) is 0 Å². The lowest BCUT2D eigenvalue weighted by atomic mass is 9.85. The molecule has 1 saturated heterocycles. The predicted octanol–water partition coefficient (Wildman–Crippen LogP) is 0.606. The number of allylic oxidation sites excluding steroid dienone is 1. The molecule has 3 heterocycles. The largest absolute Gasteiger partial charge is 0.427 e. The number of likely N-dealkylation sites (tertiary alicyclic amines) is 1. The number of nitrogens with one attached hydrogen (secondary N) is 2. The molecule has 1 saturated carbocycles. The van der Waals surface area contributed by atoms with Gasteiger partial charge in [-0.2, -0.15) is 0 Å². The SMILES string of the molecule is CC(C)(C)C(N/C=C(\N)C1CC1)C(=O)N1CCCC1C(=O)NCCCn1cnc2c1N=[N+]=C2N. The number of nitrogens with zero attached hydrogens (tertiary/aromatic N) is 5. The quantitative estimate of drug-likeness (QED) is 0.306. The number of rotatable bonds is 9. The molecule has 11 heteroatoms. The van der Waals surface area contributed by atoms with Gasteiger partial charge >= 0.3 is 5.84 Å². The Balaban J connectivity index is 1.31. The molecule has 11 nitrogen and oxygen atoms in total. The van der Waals surface area contributed by atoms with Gasteiger partial charge in [-0.3, -0.25) is 15.3 Å². The number of carbonyl (C=O) groups is 2. The van der Waals surface area contributed by atoms with E-state index < -0.39 is 12.1 Å². The van der Waals surface area contributed by atoms with Gasteiger partial charge in [0.25, 0.3) is 0 Å². The second kappa shape index (κ2) is 9.50. The summed E-state index contributed by atoms with van der Waals surface area (Å²) < 4.78 is 1.87. The average molecular weight is 471 g/mol. The zero-order valence-corrected chi connectivity index (χ0v) is 20.3. The first-order chi connectivity index (χ1) is 16.2. The summed E-state index contributed by atoms with van der Waals surface area (Å²) in [5.41, 5.74) is 12.9. The van der Waals surface area contributed by atoms with Gasteiger partial charge in [-0.15, -0.1) is 0 Å². The second-order valence-corrected chi connectivity index (χ2v) is 10.4. The third kappa shape index (κ3) is 5.09. The first-order valence-electron chi connectivity index (χ1n) is 12.1. The van der Waals surface area contributed by atoms with Crippen molar-refractivity contribution < 1.29 is 14.4 Å². The minimum absolute atomic E-state index is 0.0572. The molecular formula is C23H36N9O2+. The molecule has 1 aromatic rings. The van der Waals surface area contributed by atoms with Crippen LogP contribution in [0.15, 0.2) is 23.3 Å². The molecule has 0 aromatic carbocycles. The zero-order valence-electron chi connectivity index (χ0n) is 20.3. The molecule has 2 fully saturated rings. The number of hydrogen-bond donors (Lipinski definition) is 4. The molecule has 0 bridgehead atoms. The summed E-state index contributed by atoms with van der Waals surface area (Å²) in [6, 6.07) is -0.912. The van der Waals surface area contributed by atoms with Crippen molar-refractivity contribution in [3.63, 3.8) is 0 Å². The van der Waals surface area contributed by atoms with Crippen LogP contribution < -0.4 is 22.1 Å². The molecule has 0 radical (unpaired) electrons. The number of hydrogen-bond acceptors (Lipinski definition) is 7. The first-order valence-corrected chi connectivity index (χ1v) is 12.1. The predicted molar refractivity (Wildman–Crippen MR) is 127 cm³/mol. The molecule has 2 unspecified atom stereocenters. The van der Waals surface area contributed by atoms with Gasteiger partial charge in [0.1, 0.15) is 12.1 Å². The van der Waals surface area contributed by atoms with Crippen LogP contribution >= 0.6 is 0 Å². The molecule has 1 aromatic heterocycles. The van der Waals surface area contributed by atoms with E-state index in [4.69, 9.17) is 11.5 Å². The van der Waals surface area contributed by atoms with Crippen LogP contribution in [0.1, 0.15) is 58.6 Å². The molecule has 34 heavy (non-hydrogen) atoms. The Kier molecular flexibility index (Phi) is 6.65. The lowest BCUT2D eigenvalue weighted by Gasteiger charge is -2.35. The van der Waals surface area contributed by atoms with Crippen LogP contribution in [-0.2, 0) is 16.1 Å². The van der Waals surface area contributed by atoms with Crippen molar-refractivity contribution in [3.05, 3.63) is 23.9 Å². The topological polar surface area (TPSA) is 158 Å². The number of amides is 2.